The molecular formula is C25H15NO4. The Labute approximate surface area is 170 Å². The Balaban J connectivity index is 1.59. The number of rotatable bonds is 3. The van der Waals surface area contributed by atoms with Crippen molar-refractivity contribution in [1.82, 2.24) is 4.98 Å². The number of fused-ring (bicyclic) bond motifs is 8. The van der Waals surface area contributed by atoms with E-state index in [-0.39, 0.29) is 0 Å². The Morgan fingerprint density at radius 2 is 1.50 bits per heavy atom. The molecule has 6 rings (SSSR count). The molecule has 4 aromatic carbocycles. The van der Waals surface area contributed by atoms with Crippen LogP contribution in [0.4, 0.5) is 0 Å². The number of nitrogens with one attached hydrogen (secondary N) is 1. The molecule has 0 bridgehead atoms. The van der Waals surface area contributed by atoms with Gasteiger partial charge in [0.25, 0.3) is 0 Å². The summed E-state index contributed by atoms with van der Waals surface area (Å²) in [6.07, 6.45) is 0. The second-order valence-electron chi connectivity index (χ2n) is 7.33. The van der Waals surface area contributed by atoms with Crippen LogP contribution >= 0.6 is 0 Å². The van der Waals surface area contributed by atoms with Gasteiger partial charge in [0.05, 0.1) is 16.6 Å². The maximum absolute atomic E-state index is 12.6. The molecule has 0 saturated heterocycles. The SMILES string of the molecule is O=C1OC(=O)c2c1c1ccccc1c1[nH]c3ccc(OCc4ccccc4)cc3c21. The van der Waals surface area contributed by atoms with Crippen molar-refractivity contribution in [2.75, 3.05) is 0 Å². The predicted octanol–water partition coefficient (Wildman–Crippen LogP) is 5.36. The molecule has 0 unspecified atom stereocenters. The molecule has 0 aliphatic carbocycles. The summed E-state index contributed by atoms with van der Waals surface area (Å²) in [5, 5.41) is 3.10. The van der Waals surface area contributed by atoms with Crippen molar-refractivity contribution >= 4 is 44.5 Å². The van der Waals surface area contributed by atoms with Crippen molar-refractivity contribution in [3.8, 4) is 5.75 Å². The maximum atomic E-state index is 12.6. The number of aromatic amines is 1. The molecule has 5 heteroatoms. The first kappa shape index (κ1) is 16.8. The number of esters is 2. The summed E-state index contributed by atoms with van der Waals surface area (Å²) in [5.41, 5.74) is 3.39. The van der Waals surface area contributed by atoms with Gasteiger partial charge in [0, 0.05) is 21.7 Å². The first-order valence-electron chi connectivity index (χ1n) is 9.64. The Kier molecular flexibility index (Phi) is 3.47. The van der Waals surface area contributed by atoms with E-state index in [1.54, 1.807) is 0 Å². The number of hydrogen-bond donors (Lipinski definition) is 1. The fraction of sp³-hybridized carbons (Fsp3) is 0.0400. The summed E-state index contributed by atoms with van der Waals surface area (Å²) in [6.45, 7) is 0.441. The first-order chi connectivity index (χ1) is 14.7. The van der Waals surface area contributed by atoms with Crippen LogP contribution < -0.4 is 4.74 Å². The van der Waals surface area contributed by atoms with E-state index >= 15 is 0 Å². The number of cyclic esters (lactones) is 2. The third-order valence-corrected chi connectivity index (χ3v) is 5.58. The van der Waals surface area contributed by atoms with Crippen LogP contribution in [0.1, 0.15) is 26.3 Å². The van der Waals surface area contributed by atoms with E-state index in [0.29, 0.717) is 34.3 Å². The third kappa shape index (κ3) is 2.35. The molecule has 144 valence electrons. The van der Waals surface area contributed by atoms with E-state index in [9.17, 15) is 9.59 Å². The van der Waals surface area contributed by atoms with Crippen molar-refractivity contribution in [1.29, 1.82) is 0 Å². The predicted molar refractivity (Wildman–Crippen MR) is 114 cm³/mol. The van der Waals surface area contributed by atoms with Crippen LogP contribution in [0.5, 0.6) is 5.75 Å². The molecule has 5 aromatic rings. The minimum absolute atomic E-state index is 0.320. The van der Waals surface area contributed by atoms with Gasteiger partial charge in [-0.1, -0.05) is 54.6 Å². The van der Waals surface area contributed by atoms with Gasteiger partial charge >= 0.3 is 11.9 Å². The molecule has 0 atom stereocenters. The lowest BCUT2D eigenvalue weighted by Gasteiger charge is -2.07. The molecule has 2 heterocycles. The molecular weight excluding hydrogens is 378 g/mol. The van der Waals surface area contributed by atoms with Crippen LogP contribution in [-0.2, 0) is 11.3 Å². The van der Waals surface area contributed by atoms with Crippen molar-refractivity contribution in [3.05, 3.63) is 89.5 Å². The standard InChI is InChI=1S/C25H15NO4/c27-24-21-16-8-4-5-9-17(16)23-20(22(21)25(28)30-24)18-12-15(10-11-19(18)26-23)29-13-14-6-2-1-3-7-14/h1-12,26H,13H2. The van der Waals surface area contributed by atoms with Crippen molar-refractivity contribution in [2.24, 2.45) is 0 Å². The number of ether oxygens (including phenoxy) is 2. The van der Waals surface area contributed by atoms with Crippen LogP contribution in [0.3, 0.4) is 0 Å². The van der Waals surface area contributed by atoms with Gasteiger partial charge in [-0.3, -0.25) is 0 Å². The summed E-state index contributed by atoms with van der Waals surface area (Å²) >= 11 is 0. The lowest BCUT2D eigenvalue weighted by atomic mass is 9.95. The largest absolute Gasteiger partial charge is 0.489 e. The fourth-order valence-electron chi connectivity index (χ4n) is 4.24. The molecule has 0 spiro atoms. The maximum Gasteiger partial charge on any atom is 0.347 e. The molecule has 1 aliphatic heterocycles. The first-order valence-corrected chi connectivity index (χ1v) is 9.64. The Morgan fingerprint density at radius 3 is 2.33 bits per heavy atom. The zero-order chi connectivity index (χ0) is 20.2. The van der Waals surface area contributed by atoms with Crippen LogP contribution in [0, 0.1) is 0 Å². The number of H-pyrrole nitrogens is 1. The van der Waals surface area contributed by atoms with Gasteiger partial charge in [0.15, 0.2) is 0 Å². The number of hydrogen-bond acceptors (Lipinski definition) is 4. The zero-order valence-corrected chi connectivity index (χ0v) is 15.8. The monoisotopic (exact) mass is 393 g/mol. The smallest absolute Gasteiger partial charge is 0.347 e. The summed E-state index contributed by atoms with van der Waals surface area (Å²) in [6, 6.07) is 23.2. The topological polar surface area (TPSA) is 68.4 Å². The van der Waals surface area contributed by atoms with Gasteiger partial charge in [-0.25, -0.2) is 9.59 Å². The summed E-state index contributed by atoms with van der Waals surface area (Å²) in [7, 11) is 0. The van der Waals surface area contributed by atoms with E-state index in [4.69, 9.17) is 9.47 Å². The lowest BCUT2D eigenvalue weighted by molar-refractivity contribution is 0.0445. The van der Waals surface area contributed by atoms with Gasteiger partial charge in [0.2, 0.25) is 0 Å². The highest BCUT2D eigenvalue weighted by Gasteiger charge is 2.35. The van der Waals surface area contributed by atoms with E-state index in [1.165, 1.54) is 0 Å². The van der Waals surface area contributed by atoms with E-state index < -0.39 is 11.9 Å². The number of carbonyl (C=O) groups excluding carboxylic acids is 2. The van der Waals surface area contributed by atoms with E-state index in [1.807, 2.05) is 72.8 Å². The summed E-state index contributed by atoms with van der Waals surface area (Å²) in [5.74, 6) is -0.520. The van der Waals surface area contributed by atoms with Crippen LogP contribution in [0.25, 0.3) is 32.6 Å². The van der Waals surface area contributed by atoms with Crippen LogP contribution in [0.2, 0.25) is 0 Å². The molecule has 1 N–H and O–H groups in total. The van der Waals surface area contributed by atoms with Gasteiger partial charge in [-0.05, 0) is 29.1 Å². The molecule has 0 fully saturated rings. The Bertz CT molecular complexity index is 1500. The molecule has 5 nitrogen and oxygen atoms in total. The normalized spacial score (nSPS) is 13.2. The highest BCUT2D eigenvalue weighted by atomic mass is 16.6. The van der Waals surface area contributed by atoms with E-state index in [2.05, 4.69) is 4.98 Å². The van der Waals surface area contributed by atoms with Crippen LogP contribution in [-0.4, -0.2) is 16.9 Å². The quantitative estimate of drug-likeness (QED) is 0.331. The van der Waals surface area contributed by atoms with Crippen molar-refractivity contribution in [3.63, 3.8) is 0 Å². The average molecular weight is 393 g/mol. The molecule has 1 aromatic heterocycles. The lowest BCUT2D eigenvalue weighted by Crippen LogP contribution is -1.97. The molecule has 0 amide bonds. The van der Waals surface area contributed by atoms with Crippen LogP contribution in [0.15, 0.2) is 72.8 Å². The van der Waals surface area contributed by atoms with Gasteiger partial charge in [0.1, 0.15) is 12.4 Å². The average Bonchev–Trinajstić information content (AvgIpc) is 3.30. The van der Waals surface area contributed by atoms with Gasteiger partial charge in [-0.2, -0.15) is 0 Å². The zero-order valence-electron chi connectivity index (χ0n) is 15.8. The number of benzene rings is 4. The number of carbonyl (C=O) groups is 2. The van der Waals surface area contributed by atoms with Gasteiger partial charge in [-0.15, -0.1) is 0 Å². The molecule has 1 aliphatic rings. The molecule has 0 saturated carbocycles. The Morgan fingerprint density at radius 1 is 0.767 bits per heavy atom. The highest BCUT2D eigenvalue weighted by molar-refractivity contribution is 6.33. The second kappa shape index (κ2) is 6.19. The Hall–Kier alpha value is -4.12. The summed E-state index contributed by atoms with van der Waals surface area (Å²) in [4.78, 5) is 28.4. The minimum atomic E-state index is -0.609. The van der Waals surface area contributed by atoms with E-state index in [0.717, 1.165) is 27.4 Å². The van der Waals surface area contributed by atoms with Crippen molar-refractivity contribution in [2.45, 2.75) is 6.61 Å². The fourth-order valence-corrected chi connectivity index (χ4v) is 4.24. The second-order valence-corrected chi connectivity index (χ2v) is 7.33. The van der Waals surface area contributed by atoms with Gasteiger partial charge < -0.3 is 14.5 Å². The third-order valence-electron chi connectivity index (χ3n) is 5.58. The molecule has 30 heavy (non-hydrogen) atoms. The number of aromatic nitrogens is 1. The highest BCUT2D eigenvalue weighted by Crippen LogP contribution is 2.41. The van der Waals surface area contributed by atoms with Crippen molar-refractivity contribution < 1.29 is 19.1 Å². The summed E-state index contributed by atoms with van der Waals surface area (Å²) < 4.78 is 11.0. The minimum Gasteiger partial charge on any atom is -0.489 e. The molecule has 0 radical (unpaired) electrons.